The second-order valence-corrected chi connectivity index (χ2v) is 3.93. The average Bonchev–Trinajstić information content (AvgIpc) is 2.30. The van der Waals surface area contributed by atoms with Gasteiger partial charge in [0, 0.05) is 24.7 Å². The smallest absolute Gasteiger partial charge is 0.220 e. The highest BCUT2D eigenvalue weighted by Gasteiger charge is 2.23. The first-order valence-electron chi connectivity index (χ1n) is 5.30. The fraction of sp³-hybridized carbons (Fsp3) is 0.545. The maximum absolute atomic E-state index is 11.0. The summed E-state index contributed by atoms with van der Waals surface area (Å²) >= 11 is 0. The fourth-order valence-corrected chi connectivity index (χ4v) is 2.03. The largest absolute Gasteiger partial charge is 0.497 e. The Hall–Kier alpha value is -1.45. The van der Waals surface area contributed by atoms with Crippen LogP contribution in [0.2, 0.25) is 0 Å². The lowest BCUT2D eigenvalue weighted by Crippen LogP contribution is -2.38. The van der Waals surface area contributed by atoms with Crippen molar-refractivity contribution in [1.29, 1.82) is 0 Å². The number of ether oxygens (including phenoxy) is 1. The summed E-state index contributed by atoms with van der Waals surface area (Å²) < 4.78 is 5.09. The molecular weight excluding hydrogens is 192 g/mol. The minimum absolute atomic E-state index is 0.0608. The second kappa shape index (κ2) is 4.38. The Morgan fingerprint density at radius 3 is 2.73 bits per heavy atom. The summed E-state index contributed by atoms with van der Waals surface area (Å²) in [6.45, 7) is 2.45. The van der Waals surface area contributed by atoms with E-state index in [0.29, 0.717) is 6.61 Å². The number of hydrogen-bond acceptors (Lipinski definition) is 3. The van der Waals surface area contributed by atoms with Crippen molar-refractivity contribution in [2.45, 2.75) is 12.8 Å². The molecule has 2 aliphatic rings. The summed E-state index contributed by atoms with van der Waals surface area (Å²) in [5, 5.41) is 0. The molecule has 1 amide bonds. The number of hydrogen-bond donors (Lipinski definition) is 1. The van der Waals surface area contributed by atoms with Gasteiger partial charge in [-0.2, -0.15) is 0 Å². The van der Waals surface area contributed by atoms with Crippen molar-refractivity contribution in [1.82, 2.24) is 4.90 Å². The molecule has 2 aliphatic heterocycles. The number of carbonyl (C=O) groups is 1. The Balaban J connectivity index is 1.90. The van der Waals surface area contributed by atoms with Crippen molar-refractivity contribution in [2.75, 3.05) is 19.7 Å². The normalized spacial score (nSPS) is 22.1. The van der Waals surface area contributed by atoms with E-state index in [-0.39, 0.29) is 11.8 Å². The molecule has 0 radical (unpaired) electrons. The predicted octanol–water partition coefficient (Wildman–Crippen LogP) is 0.611. The molecule has 2 N–H and O–H groups in total. The number of nitrogens with zero attached hydrogens (tertiary/aromatic N) is 1. The van der Waals surface area contributed by atoms with E-state index in [0.717, 1.165) is 25.9 Å². The van der Waals surface area contributed by atoms with Gasteiger partial charge in [0.1, 0.15) is 6.61 Å². The van der Waals surface area contributed by atoms with Crippen LogP contribution in [-0.4, -0.2) is 30.5 Å². The molecule has 0 saturated carbocycles. The van der Waals surface area contributed by atoms with Gasteiger partial charge in [-0.15, -0.1) is 0 Å². The molecule has 1 fully saturated rings. The van der Waals surface area contributed by atoms with Crippen molar-refractivity contribution in [2.24, 2.45) is 11.7 Å². The highest BCUT2D eigenvalue weighted by molar-refractivity contribution is 5.76. The van der Waals surface area contributed by atoms with E-state index in [1.807, 2.05) is 6.08 Å². The number of nitrogens with two attached hydrogens (primary N) is 1. The molecule has 0 aliphatic carbocycles. The zero-order valence-corrected chi connectivity index (χ0v) is 8.69. The maximum atomic E-state index is 11.0. The van der Waals surface area contributed by atoms with Crippen LogP contribution in [0.5, 0.6) is 0 Å². The van der Waals surface area contributed by atoms with Crippen molar-refractivity contribution in [3.63, 3.8) is 0 Å². The van der Waals surface area contributed by atoms with Gasteiger partial charge in [-0.1, -0.05) is 0 Å². The number of likely N-dealkylation sites (tertiary alicyclic amines) is 1. The summed E-state index contributed by atoms with van der Waals surface area (Å²) in [5.74, 6) is -0.100. The molecule has 0 atom stereocenters. The van der Waals surface area contributed by atoms with Crippen LogP contribution in [-0.2, 0) is 9.53 Å². The second-order valence-electron chi connectivity index (χ2n) is 3.93. The highest BCUT2D eigenvalue weighted by atomic mass is 16.5. The van der Waals surface area contributed by atoms with Gasteiger partial charge >= 0.3 is 0 Å². The van der Waals surface area contributed by atoms with E-state index >= 15 is 0 Å². The lowest BCUT2D eigenvalue weighted by molar-refractivity contribution is -0.123. The number of amides is 1. The molecule has 4 nitrogen and oxygen atoms in total. The van der Waals surface area contributed by atoms with Crippen LogP contribution in [0.3, 0.4) is 0 Å². The quantitative estimate of drug-likeness (QED) is 0.723. The van der Waals surface area contributed by atoms with Crippen molar-refractivity contribution < 1.29 is 9.53 Å². The summed E-state index contributed by atoms with van der Waals surface area (Å²) in [7, 11) is 0. The van der Waals surface area contributed by atoms with Gasteiger partial charge < -0.3 is 15.4 Å². The molecule has 82 valence electrons. The van der Waals surface area contributed by atoms with Crippen LogP contribution in [0.25, 0.3) is 0 Å². The van der Waals surface area contributed by atoms with E-state index in [2.05, 4.69) is 11.0 Å². The van der Waals surface area contributed by atoms with Gasteiger partial charge in [0.15, 0.2) is 0 Å². The molecular formula is C11H16N2O2. The van der Waals surface area contributed by atoms with E-state index in [1.54, 1.807) is 6.26 Å². The van der Waals surface area contributed by atoms with Gasteiger partial charge in [0.05, 0.1) is 6.26 Å². The van der Waals surface area contributed by atoms with Crippen LogP contribution in [0, 0.1) is 5.92 Å². The molecule has 0 unspecified atom stereocenters. The molecule has 15 heavy (non-hydrogen) atoms. The first-order valence-corrected chi connectivity index (χ1v) is 5.30. The lowest BCUT2D eigenvalue weighted by atomic mass is 9.96. The standard InChI is InChI=1S/C11H16N2O2/c12-11(14)9-1-5-13(6-2-9)10-3-7-15-8-4-10/h3-4,7,9H,1-2,5-6,8H2,(H2,12,14). The third kappa shape index (κ3) is 2.32. The van der Waals surface area contributed by atoms with Crippen LogP contribution in [0.1, 0.15) is 12.8 Å². The van der Waals surface area contributed by atoms with E-state index in [9.17, 15) is 4.79 Å². The lowest BCUT2D eigenvalue weighted by Gasteiger charge is -2.33. The van der Waals surface area contributed by atoms with Crippen LogP contribution in [0.15, 0.2) is 24.1 Å². The molecule has 1 saturated heterocycles. The van der Waals surface area contributed by atoms with E-state index in [1.165, 1.54) is 5.70 Å². The molecule has 0 bridgehead atoms. The fourth-order valence-electron chi connectivity index (χ4n) is 2.03. The molecule has 4 heteroatoms. The summed E-state index contributed by atoms with van der Waals surface area (Å²) in [6.07, 6.45) is 7.47. The minimum atomic E-state index is -0.161. The number of carbonyl (C=O) groups excluding carboxylic acids is 1. The van der Waals surface area contributed by atoms with Gasteiger partial charge in [0.25, 0.3) is 0 Å². The molecule has 2 rings (SSSR count). The van der Waals surface area contributed by atoms with Gasteiger partial charge in [0.2, 0.25) is 5.91 Å². The Morgan fingerprint density at radius 1 is 1.47 bits per heavy atom. The van der Waals surface area contributed by atoms with Crippen LogP contribution < -0.4 is 5.73 Å². The predicted molar refractivity (Wildman–Crippen MR) is 56.7 cm³/mol. The van der Waals surface area contributed by atoms with Crippen molar-refractivity contribution >= 4 is 5.91 Å². The SMILES string of the molecule is NC(=O)C1CCN(C2=CCOC=C2)CC1. The average molecular weight is 208 g/mol. The number of primary amides is 1. The molecule has 0 aromatic rings. The van der Waals surface area contributed by atoms with Gasteiger partial charge in [-0.3, -0.25) is 4.79 Å². The number of allylic oxidation sites excluding steroid dienone is 1. The van der Waals surface area contributed by atoms with E-state index < -0.39 is 0 Å². The van der Waals surface area contributed by atoms with Gasteiger partial charge in [-0.05, 0) is 25.0 Å². The van der Waals surface area contributed by atoms with E-state index in [4.69, 9.17) is 10.5 Å². The molecule has 0 aromatic heterocycles. The Morgan fingerprint density at radius 2 is 2.20 bits per heavy atom. The minimum Gasteiger partial charge on any atom is -0.497 e. The zero-order chi connectivity index (χ0) is 10.7. The summed E-state index contributed by atoms with van der Waals surface area (Å²) in [5.41, 5.74) is 6.48. The Bertz CT molecular complexity index is 302. The van der Waals surface area contributed by atoms with Gasteiger partial charge in [-0.25, -0.2) is 0 Å². The molecule has 0 aromatic carbocycles. The number of piperidine rings is 1. The third-order valence-corrected chi connectivity index (χ3v) is 2.99. The summed E-state index contributed by atoms with van der Waals surface area (Å²) in [4.78, 5) is 13.3. The summed E-state index contributed by atoms with van der Waals surface area (Å²) in [6, 6.07) is 0. The third-order valence-electron chi connectivity index (χ3n) is 2.99. The topological polar surface area (TPSA) is 55.6 Å². The van der Waals surface area contributed by atoms with Crippen molar-refractivity contribution in [3.05, 3.63) is 24.1 Å². The Kier molecular flexibility index (Phi) is 2.94. The van der Waals surface area contributed by atoms with Crippen molar-refractivity contribution in [3.8, 4) is 0 Å². The molecule has 2 heterocycles. The molecule has 0 spiro atoms. The monoisotopic (exact) mass is 208 g/mol. The number of rotatable bonds is 2. The maximum Gasteiger partial charge on any atom is 0.220 e. The zero-order valence-electron chi connectivity index (χ0n) is 8.69. The van der Waals surface area contributed by atoms with Crippen LogP contribution >= 0.6 is 0 Å². The Labute approximate surface area is 89.4 Å². The highest BCUT2D eigenvalue weighted by Crippen LogP contribution is 2.21. The van der Waals surface area contributed by atoms with Crippen LogP contribution in [0.4, 0.5) is 0 Å². The first-order chi connectivity index (χ1) is 7.27. The first kappa shape index (κ1) is 10.1.